The maximum Gasteiger partial charge on any atom is 0.229 e. The lowest BCUT2D eigenvalue weighted by Gasteiger charge is -2.19. The molecule has 3 aromatic rings. The fraction of sp³-hybridized carbons (Fsp3) is 0.278. The van der Waals surface area contributed by atoms with E-state index in [1.807, 2.05) is 18.2 Å². The zero-order valence-corrected chi connectivity index (χ0v) is 13.9. The number of anilines is 3. The van der Waals surface area contributed by atoms with Crippen LogP contribution in [0.15, 0.2) is 36.5 Å². The molecule has 1 aliphatic rings. The highest BCUT2D eigenvalue weighted by Crippen LogP contribution is 2.31. The van der Waals surface area contributed by atoms with Gasteiger partial charge < -0.3 is 15.0 Å². The lowest BCUT2D eigenvalue weighted by molar-refractivity contribution is 0.415. The smallest absolute Gasteiger partial charge is 0.229 e. The van der Waals surface area contributed by atoms with Crippen molar-refractivity contribution in [2.45, 2.75) is 12.8 Å². The fourth-order valence-electron chi connectivity index (χ4n) is 3.05. The summed E-state index contributed by atoms with van der Waals surface area (Å²) < 4.78 is 18.6. The van der Waals surface area contributed by atoms with E-state index in [9.17, 15) is 4.39 Å². The average molecular weight is 339 g/mol. The Bertz CT molecular complexity index is 911. The van der Waals surface area contributed by atoms with E-state index in [2.05, 4.69) is 25.2 Å². The van der Waals surface area contributed by atoms with Crippen LogP contribution < -0.4 is 15.0 Å². The number of benzene rings is 1. The third-order valence-corrected chi connectivity index (χ3v) is 4.27. The highest BCUT2D eigenvalue weighted by atomic mass is 19.1. The number of nitrogens with zero attached hydrogens (tertiary/aromatic N) is 4. The van der Waals surface area contributed by atoms with Crippen molar-refractivity contribution in [2.75, 3.05) is 30.4 Å². The first kappa shape index (κ1) is 15.6. The van der Waals surface area contributed by atoms with Crippen molar-refractivity contribution in [1.82, 2.24) is 15.0 Å². The Morgan fingerprint density at radius 1 is 1.12 bits per heavy atom. The third kappa shape index (κ3) is 3.17. The van der Waals surface area contributed by atoms with Crippen LogP contribution in [0.4, 0.5) is 21.8 Å². The molecular weight excluding hydrogens is 321 g/mol. The van der Waals surface area contributed by atoms with Crippen LogP contribution in [0.1, 0.15) is 12.8 Å². The molecule has 0 aliphatic carbocycles. The topological polar surface area (TPSA) is 63.2 Å². The normalized spacial score (nSPS) is 14.1. The van der Waals surface area contributed by atoms with Gasteiger partial charge >= 0.3 is 0 Å². The van der Waals surface area contributed by atoms with E-state index < -0.39 is 5.95 Å². The molecule has 128 valence electrons. The summed E-state index contributed by atoms with van der Waals surface area (Å²) >= 11 is 0. The van der Waals surface area contributed by atoms with E-state index in [0.29, 0.717) is 11.6 Å². The van der Waals surface area contributed by atoms with Gasteiger partial charge in [-0.3, -0.25) is 0 Å². The number of hydrogen-bond donors (Lipinski definition) is 1. The zero-order chi connectivity index (χ0) is 17.2. The molecule has 0 atom stereocenters. The zero-order valence-electron chi connectivity index (χ0n) is 13.9. The molecule has 1 aromatic carbocycles. The molecule has 0 unspecified atom stereocenters. The highest BCUT2D eigenvalue weighted by molar-refractivity contribution is 5.91. The summed E-state index contributed by atoms with van der Waals surface area (Å²) in [6.45, 7) is 1.95. The Hall–Kier alpha value is -2.96. The summed E-state index contributed by atoms with van der Waals surface area (Å²) in [7, 11) is 1.63. The number of fused-ring (bicyclic) bond motifs is 1. The average Bonchev–Trinajstić information content (AvgIpc) is 3.15. The van der Waals surface area contributed by atoms with Crippen LogP contribution in [-0.4, -0.2) is 35.2 Å². The molecule has 0 amide bonds. The van der Waals surface area contributed by atoms with Gasteiger partial charge in [-0.2, -0.15) is 9.37 Å². The van der Waals surface area contributed by atoms with Crippen molar-refractivity contribution in [3.05, 3.63) is 42.5 Å². The Morgan fingerprint density at radius 3 is 2.72 bits per heavy atom. The number of ether oxygens (including phenoxy) is 1. The Morgan fingerprint density at radius 2 is 1.96 bits per heavy atom. The fourth-order valence-corrected chi connectivity index (χ4v) is 3.05. The molecule has 0 bridgehead atoms. The van der Waals surface area contributed by atoms with Gasteiger partial charge in [0.15, 0.2) is 0 Å². The van der Waals surface area contributed by atoms with Gasteiger partial charge in [-0.15, -0.1) is 0 Å². The molecular formula is C18H18FN5O. The lowest BCUT2D eigenvalue weighted by atomic mass is 10.2. The number of halogens is 1. The largest absolute Gasteiger partial charge is 0.497 e. The molecule has 1 fully saturated rings. The molecule has 0 saturated carbocycles. The summed E-state index contributed by atoms with van der Waals surface area (Å²) in [5.41, 5.74) is 1.34. The van der Waals surface area contributed by atoms with Gasteiger partial charge in [0.25, 0.3) is 0 Å². The predicted molar refractivity (Wildman–Crippen MR) is 95.0 cm³/mol. The molecule has 25 heavy (non-hydrogen) atoms. The maximum atomic E-state index is 13.3. The van der Waals surface area contributed by atoms with Crippen LogP contribution >= 0.6 is 0 Å². The van der Waals surface area contributed by atoms with Gasteiger partial charge in [0.05, 0.1) is 12.6 Å². The predicted octanol–water partition coefficient (Wildman–Crippen LogP) is 3.52. The molecule has 6 nitrogen and oxygen atoms in total. The van der Waals surface area contributed by atoms with Crippen molar-refractivity contribution >= 4 is 28.4 Å². The molecule has 4 rings (SSSR count). The Kier molecular flexibility index (Phi) is 4.05. The van der Waals surface area contributed by atoms with Gasteiger partial charge in [0.2, 0.25) is 11.9 Å². The minimum atomic E-state index is -0.549. The first-order valence-electron chi connectivity index (χ1n) is 8.22. The summed E-state index contributed by atoms with van der Waals surface area (Å²) in [6, 6.07) is 8.77. The van der Waals surface area contributed by atoms with E-state index in [4.69, 9.17) is 4.74 Å². The number of rotatable bonds is 4. The number of aromatic nitrogens is 3. The Labute approximate surface area is 144 Å². The highest BCUT2D eigenvalue weighted by Gasteiger charge is 2.18. The van der Waals surface area contributed by atoms with Crippen LogP contribution in [0.25, 0.3) is 10.9 Å². The van der Waals surface area contributed by atoms with Crippen LogP contribution in [-0.2, 0) is 0 Å². The first-order valence-corrected chi connectivity index (χ1v) is 8.22. The van der Waals surface area contributed by atoms with Gasteiger partial charge in [-0.1, -0.05) is 0 Å². The second-order valence-corrected chi connectivity index (χ2v) is 5.94. The van der Waals surface area contributed by atoms with E-state index in [1.54, 1.807) is 13.2 Å². The minimum Gasteiger partial charge on any atom is -0.497 e. The van der Waals surface area contributed by atoms with Crippen molar-refractivity contribution < 1.29 is 9.13 Å². The van der Waals surface area contributed by atoms with Crippen molar-refractivity contribution in [3.63, 3.8) is 0 Å². The maximum absolute atomic E-state index is 13.3. The summed E-state index contributed by atoms with van der Waals surface area (Å²) in [5, 5.41) is 4.05. The molecule has 1 saturated heterocycles. The molecule has 2 aromatic heterocycles. The van der Waals surface area contributed by atoms with Gasteiger partial charge in [-0.25, -0.2) is 9.97 Å². The third-order valence-electron chi connectivity index (χ3n) is 4.27. The van der Waals surface area contributed by atoms with Gasteiger partial charge in [-0.05, 0) is 31.0 Å². The molecule has 0 spiro atoms. The summed E-state index contributed by atoms with van der Waals surface area (Å²) in [6.07, 6.45) is 3.71. The quantitative estimate of drug-likeness (QED) is 0.734. The second kappa shape index (κ2) is 6.51. The molecule has 7 heteroatoms. The second-order valence-electron chi connectivity index (χ2n) is 5.94. The summed E-state index contributed by atoms with van der Waals surface area (Å²) in [4.78, 5) is 15.1. The molecule has 3 heterocycles. The molecule has 1 N–H and O–H groups in total. The van der Waals surface area contributed by atoms with Crippen molar-refractivity contribution in [3.8, 4) is 5.75 Å². The Balaban J connectivity index is 1.80. The van der Waals surface area contributed by atoms with E-state index >= 15 is 0 Å². The van der Waals surface area contributed by atoms with Crippen LogP contribution in [0.3, 0.4) is 0 Å². The van der Waals surface area contributed by atoms with Gasteiger partial charge in [0, 0.05) is 42.5 Å². The van der Waals surface area contributed by atoms with Crippen LogP contribution in [0.2, 0.25) is 0 Å². The molecule has 1 aliphatic heterocycles. The van der Waals surface area contributed by atoms with Crippen LogP contribution in [0, 0.1) is 5.95 Å². The van der Waals surface area contributed by atoms with Crippen molar-refractivity contribution in [2.24, 2.45) is 0 Å². The minimum absolute atomic E-state index is 0.424. The van der Waals surface area contributed by atoms with Crippen molar-refractivity contribution in [1.29, 1.82) is 0 Å². The first-order chi connectivity index (χ1) is 12.2. The van der Waals surface area contributed by atoms with E-state index in [0.717, 1.165) is 48.4 Å². The van der Waals surface area contributed by atoms with E-state index in [-0.39, 0.29) is 0 Å². The number of hydrogen-bond acceptors (Lipinski definition) is 6. The van der Waals surface area contributed by atoms with E-state index in [1.165, 1.54) is 12.3 Å². The summed E-state index contributed by atoms with van der Waals surface area (Å²) in [5.74, 6) is 1.50. The lowest BCUT2D eigenvalue weighted by Crippen LogP contribution is -2.20. The molecule has 0 radical (unpaired) electrons. The number of methoxy groups -OCH3 is 1. The standard InChI is InChI=1S/C18H18FN5O/c1-25-13-4-5-14-15(11-13)22-18(21-12-6-7-20-16(19)10-12)23-17(14)24-8-2-3-9-24/h4-7,10-11H,2-3,8-9H2,1H3,(H,20,21,22,23). The van der Waals surface area contributed by atoms with Gasteiger partial charge in [0.1, 0.15) is 11.6 Å². The number of nitrogens with one attached hydrogen (secondary N) is 1. The number of pyridine rings is 1. The monoisotopic (exact) mass is 339 g/mol. The van der Waals surface area contributed by atoms with Crippen LogP contribution in [0.5, 0.6) is 5.75 Å². The SMILES string of the molecule is COc1ccc2c(N3CCCC3)nc(Nc3ccnc(F)c3)nc2c1.